The summed E-state index contributed by atoms with van der Waals surface area (Å²) in [5, 5.41) is 9.63. The van der Waals surface area contributed by atoms with Crippen LogP contribution in [-0.4, -0.2) is 64.3 Å². The molecule has 326 valence electrons. The molecule has 64 heavy (non-hydrogen) atoms. The molecule has 8 rings (SSSR count). The zero-order valence-electron chi connectivity index (χ0n) is 34.5. The van der Waals surface area contributed by atoms with Gasteiger partial charge in [-0.2, -0.15) is 0 Å². The number of primary amides is 2. The number of carbonyl (C=O) groups excluding carboxylic acids is 2. The van der Waals surface area contributed by atoms with Crippen LogP contribution in [-0.2, 0) is 20.0 Å². The molecule has 0 saturated heterocycles. The van der Waals surface area contributed by atoms with Crippen LogP contribution in [0.15, 0.2) is 121 Å². The van der Waals surface area contributed by atoms with Gasteiger partial charge in [-0.1, -0.05) is 60.7 Å². The standard InChI is InChI=1S/C46H42N8O8S2/c1-63(57,58)53-27-19-21-39(37(25-27)51-41-29-11-3-5-17-35(29)49-43-31(41)13-9-15-33(43)45(47)55)61-23-7-8-24-62-40-22-20-28(54-64(2,59)60)26-38(40)52-42-30-12-4-6-18-36(30)50-44-32(42)14-10-16-34(44)46(48)56/h3-6,9-22,25-26,53-54H,7-8,23-24H2,1-2H3,(H2,47,55)(H2,48,56)(H,49,51)(H,50,52). The Kier molecular flexibility index (Phi) is 11.8. The molecule has 0 aliphatic carbocycles. The Balaban J connectivity index is 1.04. The monoisotopic (exact) mass is 898 g/mol. The van der Waals surface area contributed by atoms with Crippen molar-refractivity contribution in [2.45, 2.75) is 12.8 Å². The molecule has 8 aromatic rings. The summed E-state index contributed by atoms with van der Waals surface area (Å²) in [6.45, 7) is 0.500. The van der Waals surface area contributed by atoms with Crippen LogP contribution in [0.25, 0.3) is 43.6 Å². The number of hydrogen-bond donors (Lipinski definition) is 6. The average molecular weight is 899 g/mol. The predicted molar refractivity (Wildman–Crippen MR) is 252 cm³/mol. The molecule has 2 heterocycles. The number of unbranched alkanes of at least 4 members (excludes halogenated alkanes) is 1. The van der Waals surface area contributed by atoms with Gasteiger partial charge in [0.15, 0.2) is 0 Å². The molecule has 0 saturated carbocycles. The molecule has 0 spiro atoms. The van der Waals surface area contributed by atoms with Crippen molar-refractivity contribution in [2.75, 3.05) is 45.8 Å². The Morgan fingerprint density at radius 2 is 0.922 bits per heavy atom. The molecule has 18 heteroatoms. The third kappa shape index (κ3) is 9.52. The van der Waals surface area contributed by atoms with E-state index >= 15 is 0 Å². The van der Waals surface area contributed by atoms with Gasteiger partial charge in [-0.05, 0) is 73.5 Å². The SMILES string of the molecule is CS(=O)(=O)Nc1ccc(OCCCCOc2ccc(NS(C)(=O)=O)cc2Nc2c3ccccc3nc3c(C(N)=O)cccc23)c(Nc2c3ccccc3nc3c(C(N)=O)cccc23)c1. The number of para-hydroxylation sites is 4. The normalized spacial score (nSPS) is 11.7. The maximum atomic E-state index is 12.4. The summed E-state index contributed by atoms with van der Waals surface area (Å²) in [5.41, 5.74) is 16.7. The number of nitrogens with zero attached hydrogens (tertiary/aromatic N) is 2. The maximum absolute atomic E-state index is 12.4. The number of nitrogens with two attached hydrogens (primary N) is 2. The van der Waals surface area contributed by atoms with E-state index in [1.54, 1.807) is 60.7 Å². The zero-order chi connectivity index (χ0) is 45.2. The summed E-state index contributed by atoms with van der Waals surface area (Å²) in [7, 11) is -7.24. The van der Waals surface area contributed by atoms with Crippen molar-refractivity contribution < 1.29 is 35.9 Å². The summed E-state index contributed by atoms with van der Waals surface area (Å²) in [4.78, 5) is 34.3. The molecule has 2 amide bonds. The predicted octanol–water partition coefficient (Wildman–Crippen LogP) is 7.76. The van der Waals surface area contributed by atoms with Gasteiger partial charge in [0.1, 0.15) is 11.5 Å². The van der Waals surface area contributed by atoms with Gasteiger partial charge in [0.05, 0.1) is 93.0 Å². The number of anilines is 6. The van der Waals surface area contributed by atoms with Crippen LogP contribution >= 0.6 is 0 Å². The smallest absolute Gasteiger partial charge is 0.250 e. The summed E-state index contributed by atoms with van der Waals surface area (Å²) in [6.07, 6.45) is 3.20. The lowest BCUT2D eigenvalue weighted by molar-refractivity contribution is 0.0993. The van der Waals surface area contributed by atoms with Gasteiger partial charge in [0, 0.05) is 21.5 Å². The zero-order valence-corrected chi connectivity index (χ0v) is 36.1. The molecule has 0 atom stereocenters. The van der Waals surface area contributed by atoms with Gasteiger partial charge in [-0.25, -0.2) is 26.8 Å². The van der Waals surface area contributed by atoms with Crippen LogP contribution in [0.5, 0.6) is 11.5 Å². The Morgan fingerprint density at radius 1 is 0.531 bits per heavy atom. The summed E-state index contributed by atoms with van der Waals surface area (Å²) < 4.78 is 66.6. The lowest BCUT2D eigenvalue weighted by Gasteiger charge is -2.19. The Morgan fingerprint density at radius 3 is 1.31 bits per heavy atom. The number of nitrogens with one attached hydrogen (secondary N) is 4. The first-order valence-electron chi connectivity index (χ1n) is 19.9. The number of hydrogen-bond acceptors (Lipinski definition) is 12. The van der Waals surface area contributed by atoms with Crippen molar-refractivity contribution in [3.05, 3.63) is 132 Å². The molecule has 2 aromatic heterocycles. The molecule has 0 bridgehead atoms. The highest BCUT2D eigenvalue weighted by Crippen LogP contribution is 2.40. The molecule has 0 unspecified atom stereocenters. The lowest BCUT2D eigenvalue weighted by atomic mass is 10.0. The number of amides is 2. The fourth-order valence-electron chi connectivity index (χ4n) is 7.39. The van der Waals surface area contributed by atoms with E-state index in [4.69, 9.17) is 30.9 Å². The number of fused-ring (bicyclic) bond motifs is 4. The van der Waals surface area contributed by atoms with Crippen molar-refractivity contribution in [3.63, 3.8) is 0 Å². The number of ether oxygens (including phenoxy) is 2. The molecule has 16 nitrogen and oxygen atoms in total. The van der Waals surface area contributed by atoms with Crippen LogP contribution in [0.2, 0.25) is 0 Å². The molecular weight excluding hydrogens is 857 g/mol. The second-order valence-electron chi connectivity index (χ2n) is 15.0. The Labute approximate surface area is 368 Å². The average Bonchev–Trinajstić information content (AvgIpc) is 3.24. The van der Waals surface area contributed by atoms with E-state index in [1.165, 1.54) is 0 Å². The van der Waals surface area contributed by atoms with Crippen LogP contribution in [0, 0.1) is 0 Å². The van der Waals surface area contributed by atoms with Gasteiger partial charge >= 0.3 is 0 Å². The van der Waals surface area contributed by atoms with Crippen molar-refractivity contribution in [2.24, 2.45) is 11.5 Å². The summed E-state index contributed by atoms with van der Waals surface area (Å²) in [5.74, 6) is -0.402. The van der Waals surface area contributed by atoms with E-state index in [1.807, 2.05) is 60.7 Å². The summed E-state index contributed by atoms with van der Waals surface area (Å²) >= 11 is 0. The highest BCUT2D eigenvalue weighted by atomic mass is 32.2. The van der Waals surface area contributed by atoms with E-state index < -0.39 is 31.9 Å². The topological polar surface area (TPSA) is 247 Å². The number of rotatable bonds is 17. The number of carbonyl (C=O) groups is 2. The minimum absolute atomic E-state index is 0.250. The van der Waals surface area contributed by atoms with Crippen molar-refractivity contribution >= 4 is 110 Å². The number of sulfonamides is 2. The fraction of sp³-hybridized carbons (Fsp3) is 0.130. The largest absolute Gasteiger partial charge is 0.491 e. The van der Waals surface area contributed by atoms with Gasteiger partial charge in [0.2, 0.25) is 20.0 Å². The third-order valence-corrected chi connectivity index (χ3v) is 11.3. The third-order valence-electron chi connectivity index (χ3n) is 10.1. The minimum atomic E-state index is -3.62. The minimum Gasteiger partial charge on any atom is -0.491 e. The number of pyridine rings is 2. The maximum Gasteiger partial charge on any atom is 0.250 e. The Bertz CT molecular complexity index is 3160. The van der Waals surface area contributed by atoms with E-state index in [-0.39, 0.29) is 24.3 Å². The number of benzene rings is 6. The van der Waals surface area contributed by atoms with Crippen molar-refractivity contribution in [1.82, 2.24) is 9.97 Å². The first kappa shape index (κ1) is 43.0. The highest BCUT2D eigenvalue weighted by Gasteiger charge is 2.19. The van der Waals surface area contributed by atoms with E-state index in [9.17, 15) is 26.4 Å². The molecule has 0 fully saturated rings. The quantitative estimate of drug-likeness (QED) is 0.0379. The summed E-state index contributed by atoms with van der Waals surface area (Å²) in [6, 6.07) is 34.9. The van der Waals surface area contributed by atoms with Crippen molar-refractivity contribution in [3.8, 4) is 11.5 Å². The van der Waals surface area contributed by atoms with Gasteiger partial charge in [-0.15, -0.1) is 0 Å². The fourth-order valence-corrected chi connectivity index (χ4v) is 8.50. The van der Waals surface area contributed by atoms with E-state index in [0.717, 1.165) is 23.3 Å². The van der Waals surface area contributed by atoms with Crippen LogP contribution in [0.4, 0.5) is 34.1 Å². The second kappa shape index (κ2) is 17.6. The molecule has 0 aliphatic rings. The van der Waals surface area contributed by atoms with E-state index in [2.05, 4.69) is 20.1 Å². The molecular formula is C46H42N8O8S2. The number of aromatic nitrogens is 2. The van der Waals surface area contributed by atoms with Crippen LogP contribution < -0.4 is 41.0 Å². The molecule has 6 aromatic carbocycles. The highest BCUT2D eigenvalue weighted by molar-refractivity contribution is 7.92. The molecule has 0 aliphatic heterocycles. The van der Waals surface area contributed by atoms with Crippen molar-refractivity contribution in [1.29, 1.82) is 0 Å². The molecule has 0 radical (unpaired) electrons. The van der Waals surface area contributed by atoms with Gasteiger partial charge in [-0.3, -0.25) is 19.0 Å². The first-order chi connectivity index (χ1) is 30.6. The van der Waals surface area contributed by atoms with Crippen LogP contribution in [0.1, 0.15) is 33.6 Å². The van der Waals surface area contributed by atoms with Crippen LogP contribution in [0.3, 0.4) is 0 Å². The molecule has 8 N–H and O–H groups in total. The van der Waals surface area contributed by atoms with E-state index in [0.29, 0.717) is 91.3 Å². The lowest BCUT2D eigenvalue weighted by Crippen LogP contribution is -2.12. The van der Waals surface area contributed by atoms with Gasteiger partial charge in [0.25, 0.3) is 11.8 Å². The first-order valence-corrected chi connectivity index (χ1v) is 23.7. The van der Waals surface area contributed by atoms with Gasteiger partial charge < -0.3 is 31.6 Å². The Hall–Kier alpha value is -7.70. The second-order valence-corrected chi connectivity index (χ2v) is 18.5.